The Morgan fingerprint density at radius 2 is 1.96 bits per heavy atom. The van der Waals surface area contributed by atoms with Gasteiger partial charge in [-0.25, -0.2) is 17.5 Å². The van der Waals surface area contributed by atoms with Crippen molar-refractivity contribution in [1.82, 2.24) is 14.2 Å². The maximum atomic E-state index is 13.9. The van der Waals surface area contributed by atoms with Crippen molar-refractivity contribution in [3.05, 3.63) is 58.0 Å². The van der Waals surface area contributed by atoms with Crippen LogP contribution in [0.1, 0.15) is 25.2 Å². The third kappa shape index (κ3) is 3.10. The Balaban J connectivity index is 2.14. The molecule has 0 aliphatic heterocycles. The van der Waals surface area contributed by atoms with Crippen LogP contribution in [-0.4, -0.2) is 22.6 Å². The number of rotatable bonds is 5. The number of hydrogen-bond donors (Lipinski definition) is 1. The molecule has 0 amide bonds. The van der Waals surface area contributed by atoms with Crippen molar-refractivity contribution in [3.63, 3.8) is 0 Å². The van der Waals surface area contributed by atoms with Crippen LogP contribution < -0.4 is 10.3 Å². The fraction of sp³-hybridized carbons (Fsp3) is 0.294. The summed E-state index contributed by atoms with van der Waals surface area (Å²) in [7, 11) is -4.06. The molecule has 0 atom stereocenters. The number of nitrogens with zero attached hydrogens (tertiary/aromatic N) is 3. The Hall–Kier alpha value is -2.68. The van der Waals surface area contributed by atoms with Crippen LogP contribution >= 0.6 is 0 Å². The number of halogens is 1. The summed E-state index contributed by atoms with van der Waals surface area (Å²) in [5.74, 6) is -0.114. The van der Waals surface area contributed by atoms with Gasteiger partial charge in [0.15, 0.2) is 0 Å². The van der Waals surface area contributed by atoms with E-state index < -0.39 is 15.8 Å². The molecule has 9 heteroatoms. The summed E-state index contributed by atoms with van der Waals surface area (Å²) >= 11 is 0. The quantitative estimate of drug-likeness (QED) is 0.738. The van der Waals surface area contributed by atoms with Crippen LogP contribution in [0, 0.1) is 12.7 Å². The van der Waals surface area contributed by atoms with Gasteiger partial charge in [-0.3, -0.25) is 13.9 Å². The number of benzene rings is 1. The summed E-state index contributed by atoms with van der Waals surface area (Å²) in [6.07, 6.45) is 1.85. The Bertz CT molecular complexity index is 1150. The van der Waals surface area contributed by atoms with Crippen LogP contribution in [0.4, 0.5) is 10.1 Å². The third-order valence-corrected chi connectivity index (χ3v) is 5.39. The highest BCUT2D eigenvalue weighted by Crippen LogP contribution is 2.22. The first kappa shape index (κ1) is 18.1. The highest BCUT2D eigenvalue weighted by atomic mass is 32.2. The molecule has 1 aromatic carbocycles. The first-order chi connectivity index (χ1) is 12.3. The highest BCUT2D eigenvalue weighted by molar-refractivity contribution is 7.92. The van der Waals surface area contributed by atoms with Crippen LogP contribution in [-0.2, 0) is 23.0 Å². The molecule has 0 spiro atoms. The molecule has 1 N–H and O–H groups in total. The minimum Gasteiger partial charge on any atom is -0.297 e. The zero-order chi connectivity index (χ0) is 19.1. The lowest BCUT2D eigenvalue weighted by molar-refractivity contribution is 0.583. The molecule has 2 aromatic heterocycles. The van der Waals surface area contributed by atoms with E-state index in [1.165, 1.54) is 33.5 Å². The molecule has 0 fully saturated rings. The van der Waals surface area contributed by atoms with Gasteiger partial charge in [-0.05, 0) is 37.6 Å². The number of aromatic nitrogens is 3. The predicted octanol–water partition coefficient (Wildman–Crippen LogP) is 2.33. The van der Waals surface area contributed by atoms with Crippen molar-refractivity contribution in [2.24, 2.45) is 0 Å². The van der Waals surface area contributed by atoms with Gasteiger partial charge in [-0.1, -0.05) is 13.0 Å². The van der Waals surface area contributed by atoms with Gasteiger partial charge in [0.05, 0.1) is 5.69 Å². The van der Waals surface area contributed by atoms with Gasteiger partial charge in [0.1, 0.15) is 22.1 Å². The highest BCUT2D eigenvalue weighted by Gasteiger charge is 2.21. The minimum atomic E-state index is -4.06. The molecule has 26 heavy (non-hydrogen) atoms. The van der Waals surface area contributed by atoms with Gasteiger partial charge < -0.3 is 0 Å². The first-order valence-electron chi connectivity index (χ1n) is 8.18. The molecule has 3 rings (SSSR count). The number of sulfonamides is 1. The van der Waals surface area contributed by atoms with Crippen LogP contribution in [0.2, 0.25) is 0 Å². The summed E-state index contributed by atoms with van der Waals surface area (Å²) in [5.41, 5.74) is 0.409. The molecule has 0 unspecified atom stereocenters. The second-order valence-corrected chi connectivity index (χ2v) is 7.59. The molecule has 0 saturated carbocycles. The molecule has 3 aromatic rings. The fourth-order valence-electron chi connectivity index (χ4n) is 2.71. The Morgan fingerprint density at radius 1 is 1.23 bits per heavy atom. The number of nitrogens with one attached hydrogen (secondary N) is 1. The second-order valence-electron chi connectivity index (χ2n) is 5.91. The molecule has 0 bridgehead atoms. The van der Waals surface area contributed by atoms with Crippen molar-refractivity contribution in [1.29, 1.82) is 0 Å². The van der Waals surface area contributed by atoms with Gasteiger partial charge in [-0.15, -0.1) is 0 Å². The van der Waals surface area contributed by atoms with Crippen LogP contribution in [0.3, 0.4) is 0 Å². The monoisotopic (exact) mass is 378 g/mol. The van der Waals surface area contributed by atoms with E-state index in [1.54, 1.807) is 19.9 Å². The van der Waals surface area contributed by atoms with Crippen LogP contribution in [0.25, 0.3) is 5.52 Å². The molecule has 2 heterocycles. The van der Waals surface area contributed by atoms with Gasteiger partial charge >= 0.3 is 0 Å². The number of aryl methyl sites for hydroxylation is 3. The van der Waals surface area contributed by atoms with E-state index in [4.69, 9.17) is 0 Å². The maximum Gasteiger partial charge on any atom is 0.291 e. The standard InChI is InChI=1S/C17H19FN4O3S/c1-4-16-19-22(5-2)17(23)15-9-12(10-21(15)16)26(24,25)20-14-8-11(3)6-7-13(14)18/h6-10,20H,4-5H2,1-3H3. The summed E-state index contributed by atoms with van der Waals surface area (Å²) < 4.78 is 44.3. The second kappa shape index (κ2) is 6.56. The van der Waals surface area contributed by atoms with E-state index in [-0.39, 0.29) is 21.7 Å². The summed E-state index contributed by atoms with van der Waals surface area (Å²) in [6, 6.07) is 5.44. The Kier molecular flexibility index (Phi) is 4.57. The normalized spacial score (nSPS) is 11.8. The largest absolute Gasteiger partial charge is 0.297 e. The van der Waals surface area contributed by atoms with Crippen molar-refractivity contribution >= 4 is 21.2 Å². The average molecular weight is 378 g/mol. The van der Waals surface area contributed by atoms with Gasteiger partial charge in [0.25, 0.3) is 15.6 Å². The Labute approximate surface area is 150 Å². The van der Waals surface area contributed by atoms with E-state index in [0.29, 0.717) is 18.8 Å². The number of hydrogen-bond acceptors (Lipinski definition) is 4. The average Bonchev–Trinajstić information content (AvgIpc) is 3.05. The molecular weight excluding hydrogens is 359 g/mol. The van der Waals surface area contributed by atoms with Crippen molar-refractivity contribution < 1.29 is 12.8 Å². The van der Waals surface area contributed by atoms with Crippen molar-refractivity contribution in [2.75, 3.05) is 4.72 Å². The zero-order valence-electron chi connectivity index (χ0n) is 14.7. The SMILES string of the molecule is CCc1nn(CC)c(=O)c2cc(S(=O)(=O)Nc3cc(C)ccc3F)cn12. The van der Waals surface area contributed by atoms with Crippen molar-refractivity contribution in [3.8, 4) is 0 Å². The lowest BCUT2D eigenvalue weighted by Crippen LogP contribution is -2.26. The number of fused-ring (bicyclic) bond motifs is 1. The number of anilines is 1. The van der Waals surface area contributed by atoms with E-state index in [0.717, 1.165) is 5.56 Å². The topological polar surface area (TPSA) is 85.5 Å². The van der Waals surface area contributed by atoms with E-state index in [2.05, 4.69) is 9.82 Å². The van der Waals surface area contributed by atoms with E-state index >= 15 is 0 Å². The molecule has 0 aliphatic rings. The lowest BCUT2D eigenvalue weighted by atomic mass is 10.2. The summed E-state index contributed by atoms with van der Waals surface area (Å²) in [4.78, 5) is 12.3. The van der Waals surface area contributed by atoms with Crippen LogP contribution in [0.5, 0.6) is 0 Å². The smallest absolute Gasteiger partial charge is 0.291 e. The van der Waals surface area contributed by atoms with E-state index in [1.807, 2.05) is 6.92 Å². The first-order valence-corrected chi connectivity index (χ1v) is 9.66. The van der Waals surface area contributed by atoms with Crippen molar-refractivity contribution in [2.45, 2.75) is 38.6 Å². The molecule has 0 radical (unpaired) electrons. The summed E-state index contributed by atoms with van der Waals surface area (Å²) in [5, 5.41) is 4.23. The molecule has 0 aliphatic carbocycles. The predicted molar refractivity (Wildman–Crippen MR) is 96.4 cm³/mol. The maximum absolute atomic E-state index is 13.9. The third-order valence-electron chi connectivity index (χ3n) is 4.05. The van der Waals surface area contributed by atoms with Gasteiger partial charge in [-0.2, -0.15) is 5.10 Å². The van der Waals surface area contributed by atoms with Gasteiger partial charge in [0, 0.05) is 19.2 Å². The Morgan fingerprint density at radius 3 is 2.62 bits per heavy atom. The lowest BCUT2D eigenvalue weighted by Gasteiger charge is -2.08. The minimum absolute atomic E-state index is 0.124. The van der Waals surface area contributed by atoms with Gasteiger partial charge in [0.2, 0.25) is 0 Å². The molecule has 7 nitrogen and oxygen atoms in total. The van der Waals surface area contributed by atoms with E-state index in [9.17, 15) is 17.6 Å². The molecular formula is C17H19FN4O3S. The summed E-state index contributed by atoms with van der Waals surface area (Å²) in [6.45, 7) is 5.76. The molecule has 0 saturated heterocycles. The van der Waals surface area contributed by atoms with Crippen LogP contribution in [0.15, 0.2) is 40.2 Å². The fourth-order valence-corrected chi connectivity index (χ4v) is 3.78. The zero-order valence-corrected chi connectivity index (χ0v) is 15.5. The molecule has 138 valence electrons.